The smallest absolute Gasteiger partial charge is 0.228 e. The van der Waals surface area contributed by atoms with E-state index in [1.807, 2.05) is 36.4 Å². The van der Waals surface area contributed by atoms with Gasteiger partial charge in [-0.15, -0.1) is 0 Å². The molecule has 240 valence electrons. The molecule has 0 aliphatic heterocycles. The molecule has 2 heterocycles. The number of furan rings is 1. The van der Waals surface area contributed by atoms with Crippen LogP contribution in [0.15, 0.2) is 191 Å². The Morgan fingerprint density at radius 3 is 1.63 bits per heavy atom. The molecule has 0 aliphatic rings. The molecule has 10 rings (SSSR count). The van der Waals surface area contributed by atoms with Crippen molar-refractivity contribution in [3.05, 3.63) is 182 Å². The number of benzene rings is 8. The maximum absolute atomic E-state index is 6.58. The Hall–Kier alpha value is -6.91. The van der Waals surface area contributed by atoms with Gasteiger partial charge >= 0.3 is 0 Å². The van der Waals surface area contributed by atoms with E-state index in [2.05, 4.69) is 150 Å². The second kappa shape index (κ2) is 11.9. The monoisotopic (exact) mass is 654 g/mol. The molecule has 0 unspecified atom stereocenters. The molecule has 8 aromatic carbocycles. The summed E-state index contributed by atoms with van der Waals surface area (Å²) in [5, 5.41) is 4.11. The molecule has 0 atom stereocenters. The van der Waals surface area contributed by atoms with E-state index in [1.54, 1.807) is 0 Å². The molecule has 0 radical (unpaired) electrons. The first kappa shape index (κ1) is 29.0. The van der Waals surface area contributed by atoms with Crippen LogP contribution in [0.25, 0.3) is 77.5 Å². The minimum atomic E-state index is 0.580. The molecule has 0 fully saturated rings. The Morgan fingerprint density at radius 1 is 0.392 bits per heavy atom. The summed E-state index contributed by atoms with van der Waals surface area (Å²) in [6.45, 7) is 0. The minimum absolute atomic E-state index is 0.580. The van der Waals surface area contributed by atoms with Crippen molar-refractivity contribution in [3.63, 3.8) is 0 Å². The van der Waals surface area contributed by atoms with Crippen LogP contribution >= 0.6 is 0 Å². The van der Waals surface area contributed by atoms with Gasteiger partial charge in [0.2, 0.25) is 5.89 Å². The van der Waals surface area contributed by atoms with E-state index in [-0.39, 0.29) is 0 Å². The van der Waals surface area contributed by atoms with Gasteiger partial charge in [0, 0.05) is 27.8 Å². The van der Waals surface area contributed by atoms with E-state index in [1.165, 1.54) is 22.3 Å². The van der Waals surface area contributed by atoms with Gasteiger partial charge in [-0.25, -0.2) is 4.98 Å². The van der Waals surface area contributed by atoms with Crippen LogP contribution in [0, 0.1) is 0 Å². The summed E-state index contributed by atoms with van der Waals surface area (Å²) in [6, 6.07) is 63.4. The average molecular weight is 655 g/mol. The van der Waals surface area contributed by atoms with Gasteiger partial charge in [-0.05, 0) is 93.7 Å². The van der Waals surface area contributed by atoms with E-state index in [4.69, 9.17) is 13.8 Å². The van der Waals surface area contributed by atoms with Gasteiger partial charge in [-0.3, -0.25) is 0 Å². The normalized spacial score (nSPS) is 11.5. The first-order valence-corrected chi connectivity index (χ1v) is 17.1. The third-order valence-electron chi connectivity index (χ3n) is 9.70. The molecule has 0 spiro atoms. The number of hydrogen-bond donors (Lipinski definition) is 0. The number of oxazole rings is 1. The number of anilines is 3. The number of aromatic nitrogens is 1. The Kier molecular flexibility index (Phi) is 6.78. The molecule has 0 amide bonds. The van der Waals surface area contributed by atoms with Crippen LogP contribution in [-0.4, -0.2) is 4.98 Å². The SMILES string of the molecule is c1ccc(-c2ccc(N(c3ccc(-c4ccccc4)cc3)c3ccc4oc5cc6ccccc6c(-c6nc7ccccc7o6)c5c4c3)cc2)cc1. The molecule has 0 N–H and O–H groups in total. The van der Waals surface area contributed by atoms with Crippen LogP contribution in [0.3, 0.4) is 0 Å². The van der Waals surface area contributed by atoms with Crippen LogP contribution in [0.4, 0.5) is 17.1 Å². The van der Waals surface area contributed by atoms with E-state index < -0.39 is 0 Å². The maximum Gasteiger partial charge on any atom is 0.228 e. The molecule has 0 saturated heterocycles. The summed E-state index contributed by atoms with van der Waals surface area (Å²) in [4.78, 5) is 7.28. The Bertz CT molecular complexity index is 2720. The molecule has 0 aliphatic carbocycles. The Morgan fingerprint density at radius 2 is 0.961 bits per heavy atom. The van der Waals surface area contributed by atoms with Gasteiger partial charge < -0.3 is 13.7 Å². The first-order valence-electron chi connectivity index (χ1n) is 17.1. The van der Waals surface area contributed by atoms with E-state index in [0.29, 0.717) is 5.89 Å². The molecule has 4 nitrogen and oxygen atoms in total. The summed E-state index contributed by atoms with van der Waals surface area (Å²) in [5.41, 5.74) is 12.0. The third-order valence-corrected chi connectivity index (χ3v) is 9.70. The van der Waals surface area contributed by atoms with Crippen molar-refractivity contribution in [1.29, 1.82) is 0 Å². The van der Waals surface area contributed by atoms with Crippen molar-refractivity contribution in [2.45, 2.75) is 0 Å². The molecular formula is C47H30N2O2. The van der Waals surface area contributed by atoms with Gasteiger partial charge in [-0.2, -0.15) is 0 Å². The standard InChI is InChI=1S/C47H30N2O2/c1-3-11-31(12-4-1)33-19-23-36(24-20-33)49(37-25-21-34(22-26-37)32-13-5-2-6-14-32)38-27-28-42-40(30-38)45-44(50-42)29-35-15-7-8-16-39(35)46(45)47-48-41-17-9-10-18-43(41)51-47/h1-30H. The van der Waals surface area contributed by atoms with Gasteiger partial charge in [0.15, 0.2) is 5.58 Å². The van der Waals surface area contributed by atoms with Gasteiger partial charge in [0.25, 0.3) is 0 Å². The van der Waals surface area contributed by atoms with Crippen LogP contribution in [0.5, 0.6) is 0 Å². The fraction of sp³-hybridized carbons (Fsp3) is 0. The topological polar surface area (TPSA) is 42.4 Å². The molecule has 0 saturated carbocycles. The van der Waals surface area contributed by atoms with Gasteiger partial charge in [0.1, 0.15) is 16.7 Å². The largest absolute Gasteiger partial charge is 0.456 e. The highest BCUT2D eigenvalue weighted by Crippen LogP contribution is 2.45. The number of rotatable bonds is 6. The number of fused-ring (bicyclic) bond motifs is 5. The maximum atomic E-state index is 6.58. The van der Waals surface area contributed by atoms with Crippen molar-refractivity contribution in [2.24, 2.45) is 0 Å². The first-order chi connectivity index (χ1) is 25.3. The highest BCUT2D eigenvalue weighted by atomic mass is 16.3. The second-order valence-corrected chi connectivity index (χ2v) is 12.8. The third kappa shape index (κ3) is 5.04. The molecule has 51 heavy (non-hydrogen) atoms. The molecule has 10 aromatic rings. The highest BCUT2D eigenvalue weighted by molar-refractivity contribution is 6.20. The van der Waals surface area contributed by atoms with Crippen molar-refractivity contribution in [1.82, 2.24) is 4.98 Å². The predicted molar refractivity (Wildman–Crippen MR) is 210 cm³/mol. The number of hydrogen-bond acceptors (Lipinski definition) is 4. The summed E-state index contributed by atoms with van der Waals surface area (Å²) < 4.78 is 13.0. The summed E-state index contributed by atoms with van der Waals surface area (Å²) in [7, 11) is 0. The van der Waals surface area contributed by atoms with Crippen molar-refractivity contribution >= 4 is 60.9 Å². The van der Waals surface area contributed by atoms with Crippen LogP contribution in [-0.2, 0) is 0 Å². The summed E-state index contributed by atoms with van der Waals surface area (Å²) >= 11 is 0. The predicted octanol–water partition coefficient (Wildman–Crippen LogP) is 13.4. The summed E-state index contributed by atoms with van der Waals surface area (Å²) in [6.07, 6.45) is 0. The van der Waals surface area contributed by atoms with Crippen LogP contribution in [0.1, 0.15) is 0 Å². The lowest BCUT2D eigenvalue weighted by Crippen LogP contribution is -2.09. The molecule has 2 aromatic heterocycles. The average Bonchev–Trinajstić information content (AvgIpc) is 3.79. The fourth-order valence-corrected chi connectivity index (χ4v) is 7.25. The minimum Gasteiger partial charge on any atom is -0.456 e. The zero-order valence-electron chi connectivity index (χ0n) is 27.5. The highest BCUT2D eigenvalue weighted by Gasteiger charge is 2.22. The van der Waals surface area contributed by atoms with Gasteiger partial charge in [0.05, 0.1) is 5.56 Å². The lowest BCUT2D eigenvalue weighted by molar-refractivity contribution is 0.621. The zero-order valence-corrected chi connectivity index (χ0v) is 27.5. The molecule has 4 heteroatoms. The lowest BCUT2D eigenvalue weighted by Gasteiger charge is -2.26. The van der Waals surface area contributed by atoms with Crippen LogP contribution < -0.4 is 4.90 Å². The number of nitrogens with zero attached hydrogens (tertiary/aromatic N) is 2. The van der Waals surface area contributed by atoms with Crippen molar-refractivity contribution in [2.75, 3.05) is 4.90 Å². The quantitative estimate of drug-likeness (QED) is 0.179. The van der Waals surface area contributed by atoms with Crippen molar-refractivity contribution < 1.29 is 8.83 Å². The Balaban J connectivity index is 1.18. The fourth-order valence-electron chi connectivity index (χ4n) is 7.25. The second-order valence-electron chi connectivity index (χ2n) is 12.8. The van der Waals surface area contributed by atoms with E-state index in [0.717, 1.165) is 66.4 Å². The van der Waals surface area contributed by atoms with Crippen LogP contribution in [0.2, 0.25) is 0 Å². The van der Waals surface area contributed by atoms with Crippen molar-refractivity contribution in [3.8, 4) is 33.7 Å². The Labute approximate surface area is 294 Å². The number of para-hydroxylation sites is 2. The van der Waals surface area contributed by atoms with E-state index in [9.17, 15) is 0 Å². The lowest BCUT2D eigenvalue weighted by atomic mass is 9.98. The van der Waals surface area contributed by atoms with E-state index >= 15 is 0 Å². The summed E-state index contributed by atoms with van der Waals surface area (Å²) in [5.74, 6) is 0.580. The molecule has 0 bridgehead atoms. The van der Waals surface area contributed by atoms with Gasteiger partial charge in [-0.1, -0.05) is 121 Å². The zero-order chi connectivity index (χ0) is 33.7. The molecular weight excluding hydrogens is 625 g/mol.